The lowest BCUT2D eigenvalue weighted by atomic mass is 9.90. The zero-order valence-electron chi connectivity index (χ0n) is 16.4. The molecule has 3 heterocycles. The molecule has 0 bridgehead atoms. The number of nitrogens with zero attached hydrogens (tertiary/aromatic N) is 4. The Morgan fingerprint density at radius 2 is 2.14 bits per heavy atom. The van der Waals surface area contributed by atoms with Gasteiger partial charge in [-0.25, -0.2) is 0 Å². The van der Waals surface area contributed by atoms with Crippen LogP contribution in [0.3, 0.4) is 0 Å². The average Bonchev–Trinajstić information content (AvgIpc) is 3.38. The molecule has 2 atom stereocenters. The molecule has 150 valence electrons. The second-order valence-corrected chi connectivity index (χ2v) is 7.79. The van der Waals surface area contributed by atoms with E-state index in [9.17, 15) is 0 Å². The Morgan fingerprint density at radius 3 is 2.93 bits per heavy atom. The van der Waals surface area contributed by atoms with E-state index in [0.717, 1.165) is 46.9 Å². The Morgan fingerprint density at radius 1 is 1.28 bits per heavy atom. The van der Waals surface area contributed by atoms with Crippen LogP contribution in [0.15, 0.2) is 24.3 Å². The molecule has 5 rings (SSSR count). The molecule has 2 aromatic carbocycles. The van der Waals surface area contributed by atoms with E-state index < -0.39 is 0 Å². The van der Waals surface area contributed by atoms with Gasteiger partial charge in [0.1, 0.15) is 0 Å². The fourth-order valence-corrected chi connectivity index (χ4v) is 4.32. The lowest BCUT2D eigenvalue weighted by Crippen LogP contribution is -3.10. The van der Waals surface area contributed by atoms with Crippen LogP contribution in [0.5, 0.6) is 17.2 Å². The third kappa shape index (κ3) is 2.82. The Labute approximate surface area is 172 Å². The largest absolute Gasteiger partial charge is 0.492 e. The van der Waals surface area contributed by atoms with Crippen molar-refractivity contribution in [1.82, 2.24) is 20.2 Å². The van der Waals surface area contributed by atoms with Gasteiger partial charge in [-0.15, -0.1) is 5.10 Å². The van der Waals surface area contributed by atoms with Crippen molar-refractivity contribution in [3.63, 3.8) is 0 Å². The molecule has 2 aliphatic heterocycles. The van der Waals surface area contributed by atoms with Crippen molar-refractivity contribution in [3.8, 4) is 22.9 Å². The number of methoxy groups -OCH3 is 1. The Hall–Kier alpha value is -2.84. The van der Waals surface area contributed by atoms with Gasteiger partial charge < -0.3 is 19.1 Å². The predicted octanol–water partition coefficient (Wildman–Crippen LogP) is 1.52. The van der Waals surface area contributed by atoms with Crippen LogP contribution in [0.4, 0.5) is 0 Å². The molecule has 3 aromatic rings. The summed E-state index contributed by atoms with van der Waals surface area (Å²) in [7, 11) is 3.79. The topological polar surface area (TPSA) is 75.7 Å². The minimum absolute atomic E-state index is 0.127. The number of aromatic nitrogens is 4. The van der Waals surface area contributed by atoms with Crippen molar-refractivity contribution >= 4 is 11.6 Å². The smallest absolute Gasteiger partial charge is 0.231 e. The molecule has 0 fully saturated rings. The van der Waals surface area contributed by atoms with Crippen LogP contribution < -0.4 is 19.1 Å². The van der Waals surface area contributed by atoms with Gasteiger partial charge >= 0.3 is 0 Å². The van der Waals surface area contributed by atoms with Crippen LogP contribution in [-0.4, -0.2) is 47.7 Å². The van der Waals surface area contributed by atoms with Gasteiger partial charge in [-0.1, -0.05) is 17.7 Å². The molecule has 2 aliphatic rings. The number of aryl methyl sites for hydroxylation is 1. The summed E-state index contributed by atoms with van der Waals surface area (Å²) in [6.45, 7) is 3.10. The van der Waals surface area contributed by atoms with E-state index in [1.807, 2.05) is 25.1 Å². The van der Waals surface area contributed by atoms with E-state index in [1.165, 1.54) is 4.90 Å². The molecule has 8 nitrogen and oxygen atoms in total. The van der Waals surface area contributed by atoms with Gasteiger partial charge in [0, 0.05) is 11.4 Å². The molecule has 1 unspecified atom stereocenters. The lowest BCUT2D eigenvalue weighted by Gasteiger charge is -2.32. The molecular weight excluding hydrogens is 394 g/mol. The molecule has 0 saturated carbocycles. The number of rotatable bonds is 3. The number of nitrogens with one attached hydrogen (secondary N) is 1. The summed E-state index contributed by atoms with van der Waals surface area (Å²) < 4.78 is 18.9. The van der Waals surface area contributed by atoms with Gasteiger partial charge in [0.15, 0.2) is 17.5 Å². The van der Waals surface area contributed by atoms with Crippen molar-refractivity contribution in [2.45, 2.75) is 19.4 Å². The van der Waals surface area contributed by atoms with Crippen molar-refractivity contribution < 1.29 is 19.1 Å². The highest BCUT2D eigenvalue weighted by Crippen LogP contribution is 2.48. The van der Waals surface area contributed by atoms with Crippen molar-refractivity contribution in [2.75, 3.05) is 27.5 Å². The maximum atomic E-state index is 6.35. The Balaban J connectivity index is 1.69. The summed E-state index contributed by atoms with van der Waals surface area (Å²) in [5.74, 6) is 2.78. The molecule has 1 aromatic heterocycles. The van der Waals surface area contributed by atoms with Gasteiger partial charge in [-0.2, -0.15) is 4.68 Å². The number of hydrogen-bond donors (Lipinski definition) is 1. The standard InChI is InChI=1S/C20H20ClN5O3/c1-11-4-5-13(9-14(11)21)26-20(22-23-24-26)17-16-12(6-7-25(17)2)8-15-18(19(16)27-3)29-10-28-15/h4-5,8-9,17H,6-7,10H2,1-3H3/p+1/t17-/m1/s1. The summed E-state index contributed by atoms with van der Waals surface area (Å²) in [6, 6.07) is 7.74. The van der Waals surface area contributed by atoms with E-state index in [4.69, 9.17) is 25.8 Å². The average molecular weight is 415 g/mol. The van der Waals surface area contributed by atoms with Gasteiger partial charge in [0.25, 0.3) is 0 Å². The van der Waals surface area contributed by atoms with Crippen LogP contribution >= 0.6 is 11.6 Å². The van der Waals surface area contributed by atoms with Crippen LogP contribution in [-0.2, 0) is 6.42 Å². The SMILES string of the molecule is COc1c2c(cc3c1[C@H](c1nnnn1-c1ccc(C)c(Cl)c1)[NH+](C)CC3)OCO2. The normalized spacial score (nSPS) is 19.9. The van der Waals surface area contributed by atoms with E-state index in [0.29, 0.717) is 16.5 Å². The predicted molar refractivity (Wildman–Crippen MR) is 105 cm³/mol. The third-order valence-corrected chi connectivity index (χ3v) is 6.08. The second kappa shape index (κ2) is 6.89. The summed E-state index contributed by atoms with van der Waals surface area (Å²) in [5.41, 5.74) is 4.03. The molecule has 0 amide bonds. The molecular formula is C20H21ClN5O3+. The van der Waals surface area contributed by atoms with Crippen LogP contribution in [0, 0.1) is 6.92 Å². The lowest BCUT2D eigenvalue weighted by molar-refractivity contribution is -0.909. The van der Waals surface area contributed by atoms with Gasteiger partial charge in [0.05, 0.1) is 32.0 Å². The van der Waals surface area contributed by atoms with E-state index in [1.54, 1.807) is 11.8 Å². The highest BCUT2D eigenvalue weighted by molar-refractivity contribution is 6.31. The number of halogens is 1. The van der Waals surface area contributed by atoms with Crippen molar-refractivity contribution in [2.24, 2.45) is 0 Å². The van der Waals surface area contributed by atoms with E-state index in [-0.39, 0.29) is 12.8 Å². The maximum absolute atomic E-state index is 6.35. The van der Waals surface area contributed by atoms with Gasteiger partial charge in [0.2, 0.25) is 18.4 Å². The number of benzene rings is 2. The minimum atomic E-state index is -0.127. The highest BCUT2D eigenvalue weighted by Gasteiger charge is 2.40. The summed E-state index contributed by atoms with van der Waals surface area (Å²) in [4.78, 5) is 1.27. The fraction of sp³-hybridized carbons (Fsp3) is 0.350. The van der Waals surface area contributed by atoms with Crippen LogP contribution in [0.25, 0.3) is 5.69 Å². The first-order valence-corrected chi connectivity index (χ1v) is 9.82. The van der Waals surface area contributed by atoms with E-state index in [2.05, 4.69) is 28.6 Å². The Bertz CT molecular complexity index is 1100. The second-order valence-electron chi connectivity index (χ2n) is 7.38. The quantitative estimate of drug-likeness (QED) is 0.700. The number of tetrazole rings is 1. The maximum Gasteiger partial charge on any atom is 0.231 e. The minimum Gasteiger partial charge on any atom is -0.492 e. The molecule has 0 aliphatic carbocycles. The number of quaternary nitrogens is 1. The summed E-state index contributed by atoms with van der Waals surface area (Å²) >= 11 is 6.35. The molecule has 1 N–H and O–H groups in total. The van der Waals surface area contributed by atoms with Crippen LogP contribution in [0.2, 0.25) is 5.02 Å². The number of ether oxygens (including phenoxy) is 3. The first kappa shape index (κ1) is 18.2. The van der Waals surface area contributed by atoms with Gasteiger partial charge in [-0.3, -0.25) is 0 Å². The number of hydrogen-bond acceptors (Lipinski definition) is 6. The van der Waals surface area contributed by atoms with Crippen molar-refractivity contribution in [3.05, 3.63) is 51.8 Å². The summed E-state index contributed by atoms with van der Waals surface area (Å²) in [5, 5.41) is 13.3. The number of fused-ring (bicyclic) bond motifs is 2. The third-order valence-electron chi connectivity index (χ3n) is 5.67. The van der Waals surface area contributed by atoms with Crippen LogP contribution in [0.1, 0.15) is 28.6 Å². The first-order valence-electron chi connectivity index (χ1n) is 9.45. The summed E-state index contributed by atoms with van der Waals surface area (Å²) in [6.07, 6.45) is 0.905. The zero-order chi connectivity index (χ0) is 20.1. The monoisotopic (exact) mass is 414 g/mol. The fourth-order valence-electron chi connectivity index (χ4n) is 4.15. The molecule has 0 radical (unpaired) electrons. The molecule has 0 saturated heterocycles. The molecule has 0 spiro atoms. The van der Waals surface area contributed by atoms with Crippen molar-refractivity contribution in [1.29, 1.82) is 0 Å². The first-order chi connectivity index (χ1) is 14.1. The molecule has 9 heteroatoms. The highest BCUT2D eigenvalue weighted by atomic mass is 35.5. The van der Waals surface area contributed by atoms with Gasteiger partial charge in [-0.05, 0) is 46.7 Å². The van der Waals surface area contributed by atoms with E-state index >= 15 is 0 Å². The Kier molecular flexibility index (Phi) is 4.33. The zero-order valence-corrected chi connectivity index (χ0v) is 17.2. The number of likely N-dealkylation sites (N-methyl/N-ethyl adjacent to an activating group) is 1. The molecule has 29 heavy (non-hydrogen) atoms.